The molecule has 0 radical (unpaired) electrons. The Labute approximate surface area is 116 Å². The average molecular weight is 257 g/mol. The first-order valence-electron chi connectivity index (χ1n) is 7.14. The lowest BCUT2D eigenvalue weighted by Gasteiger charge is -2.39. The molecule has 2 nitrogen and oxygen atoms in total. The predicted octanol–water partition coefficient (Wildman–Crippen LogP) is 2.57. The molecular formula is C17H23NO. The van der Waals surface area contributed by atoms with E-state index in [0.717, 1.165) is 18.4 Å². The van der Waals surface area contributed by atoms with Crippen LogP contribution in [0.4, 0.5) is 0 Å². The Kier molecular flexibility index (Phi) is 5.01. The van der Waals surface area contributed by atoms with Crippen molar-refractivity contribution in [2.45, 2.75) is 38.1 Å². The molecule has 1 aromatic rings. The van der Waals surface area contributed by atoms with Crippen molar-refractivity contribution < 1.29 is 5.11 Å². The van der Waals surface area contributed by atoms with Crippen LogP contribution >= 0.6 is 0 Å². The molecule has 2 N–H and O–H groups in total. The molecule has 0 bridgehead atoms. The third-order valence-electron chi connectivity index (χ3n) is 3.95. The molecule has 1 aromatic carbocycles. The van der Waals surface area contributed by atoms with Crippen molar-refractivity contribution >= 4 is 0 Å². The lowest BCUT2D eigenvalue weighted by Crippen LogP contribution is -2.51. The second-order valence-corrected chi connectivity index (χ2v) is 5.66. The van der Waals surface area contributed by atoms with Crippen LogP contribution in [0.25, 0.3) is 0 Å². The summed E-state index contributed by atoms with van der Waals surface area (Å²) in [5.41, 5.74) is 0.933. The Morgan fingerprint density at radius 2 is 2.16 bits per heavy atom. The Morgan fingerprint density at radius 3 is 2.84 bits per heavy atom. The van der Waals surface area contributed by atoms with E-state index in [9.17, 15) is 5.11 Å². The minimum absolute atomic E-state index is 0.108. The molecule has 2 heteroatoms. The standard InChI is InChI=1S/C17H23NO/c1-15-7-5-11-17(13-15,14-19)18-12-6-10-16-8-3-2-4-9-16/h2-4,8-9,15,18-19H,5,7,11-14H2,1H3. The van der Waals surface area contributed by atoms with E-state index in [0.29, 0.717) is 12.5 Å². The Bertz CT molecular complexity index is 445. The second kappa shape index (κ2) is 6.75. The van der Waals surface area contributed by atoms with Gasteiger partial charge in [-0.3, -0.25) is 5.32 Å². The molecular weight excluding hydrogens is 234 g/mol. The van der Waals surface area contributed by atoms with Gasteiger partial charge in [-0.15, -0.1) is 0 Å². The molecule has 2 unspecified atom stereocenters. The topological polar surface area (TPSA) is 32.3 Å². The summed E-state index contributed by atoms with van der Waals surface area (Å²) in [5, 5.41) is 13.1. The number of hydrogen-bond donors (Lipinski definition) is 2. The van der Waals surface area contributed by atoms with Crippen LogP contribution in [0.15, 0.2) is 30.3 Å². The lowest BCUT2D eigenvalue weighted by atomic mass is 9.77. The highest BCUT2D eigenvalue weighted by atomic mass is 16.3. The predicted molar refractivity (Wildman–Crippen MR) is 78.8 cm³/mol. The number of rotatable bonds is 3. The van der Waals surface area contributed by atoms with Gasteiger partial charge >= 0.3 is 0 Å². The van der Waals surface area contributed by atoms with Crippen molar-refractivity contribution in [1.29, 1.82) is 0 Å². The van der Waals surface area contributed by atoms with Gasteiger partial charge in [0.05, 0.1) is 13.2 Å². The van der Waals surface area contributed by atoms with E-state index >= 15 is 0 Å². The minimum atomic E-state index is -0.108. The zero-order chi connectivity index (χ0) is 13.6. The normalized spacial score (nSPS) is 26.5. The summed E-state index contributed by atoms with van der Waals surface area (Å²) in [4.78, 5) is 0. The van der Waals surface area contributed by atoms with Crippen LogP contribution in [0.5, 0.6) is 0 Å². The Hall–Kier alpha value is -1.30. The zero-order valence-corrected chi connectivity index (χ0v) is 11.7. The summed E-state index contributed by atoms with van der Waals surface area (Å²) < 4.78 is 0. The molecule has 0 aliphatic heterocycles. The van der Waals surface area contributed by atoms with Gasteiger partial charge < -0.3 is 5.11 Å². The highest BCUT2D eigenvalue weighted by molar-refractivity contribution is 5.33. The molecule has 19 heavy (non-hydrogen) atoms. The van der Waals surface area contributed by atoms with Crippen LogP contribution in [0.2, 0.25) is 0 Å². The third-order valence-corrected chi connectivity index (χ3v) is 3.95. The molecule has 102 valence electrons. The minimum Gasteiger partial charge on any atom is -0.394 e. The van der Waals surface area contributed by atoms with Crippen LogP contribution in [-0.4, -0.2) is 23.8 Å². The Morgan fingerprint density at radius 1 is 1.37 bits per heavy atom. The first kappa shape index (κ1) is 14.1. The molecule has 2 atom stereocenters. The lowest BCUT2D eigenvalue weighted by molar-refractivity contribution is 0.104. The van der Waals surface area contributed by atoms with Gasteiger partial charge in [0.2, 0.25) is 0 Å². The van der Waals surface area contributed by atoms with E-state index in [-0.39, 0.29) is 12.1 Å². The van der Waals surface area contributed by atoms with E-state index in [4.69, 9.17) is 0 Å². The summed E-state index contributed by atoms with van der Waals surface area (Å²) in [6.07, 6.45) is 4.58. The van der Waals surface area contributed by atoms with Gasteiger partial charge in [-0.1, -0.05) is 49.8 Å². The van der Waals surface area contributed by atoms with Crippen molar-refractivity contribution in [3.05, 3.63) is 35.9 Å². The van der Waals surface area contributed by atoms with Crippen LogP contribution in [0.1, 0.15) is 38.2 Å². The van der Waals surface area contributed by atoms with Crippen LogP contribution in [0.3, 0.4) is 0 Å². The molecule has 0 aromatic heterocycles. The fourth-order valence-electron chi connectivity index (χ4n) is 2.92. The van der Waals surface area contributed by atoms with Gasteiger partial charge in [-0.2, -0.15) is 0 Å². The molecule has 1 fully saturated rings. The van der Waals surface area contributed by atoms with Gasteiger partial charge in [0.15, 0.2) is 0 Å². The van der Waals surface area contributed by atoms with Crippen molar-refractivity contribution in [1.82, 2.24) is 5.32 Å². The molecule has 0 spiro atoms. The summed E-state index contributed by atoms with van der Waals surface area (Å²) in [6.45, 7) is 3.12. The van der Waals surface area contributed by atoms with E-state index in [1.54, 1.807) is 0 Å². The molecule has 1 saturated carbocycles. The fraction of sp³-hybridized carbons (Fsp3) is 0.529. The van der Waals surface area contributed by atoms with Crippen molar-refractivity contribution in [3.8, 4) is 11.8 Å². The highest BCUT2D eigenvalue weighted by Gasteiger charge is 2.33. The maximum atomic E-state index is 9.66. The largest absolute Gasteiger partial charge is 0.394 e. The summed E-state index contributed by atoms with van der Waals surface area (Å²) in [7, 11) is 0. The van der Waals surface area contributed by atoms with Crippen LogP contribution < -0.4 is 5.32 Å². The fourth-order valence-corrected chi connectivity index (χ4v) is 2.92. The monoisotopic (exact) mass is 257 g/mol. The van der Waals surface area contributed by atoms with Gasteiger partial charge in [-0.05, 0) is 30.9 Å². The van der Waals surface area contributed by atoms with Gasteiger partial charge in [0.1, 0.15) is 0 Å². The maximum absolute atomic E-state index is 9.66. The van der Waals surface area contributed by atoms with E-state index < -0.39 is 0 Å². The van der Waals surface area contributed by atoms with Crippen molar-refractivity contribution in [2.75, 3.05) is 13.2 Å². The van der Waals surface area contributed by atoms with Gasteiger partial charge in [0.25, 0.3) is 0 Å². The Balaban J connectivity index is 1.89. The van der Waals surface area contributed by atoms with Crippen LogP contribution in [-0.2, 0) is 0 Å². The zero-order valence-electron chi connectivity index (χ0n) is 11.7. The number of aliphatic hydroxyl groups is 1. The second-order valence-electron chi connectivity index (χ2n) is 5.66. The highest BCUT2D eigenvalue weighted by Crippen LogP contribution is 2.31. The quantitative estimate of drug-likeness (QED) is 0.816. The number of hydrogen-bond acceptors (Lipinski definition) is 2. The average Bonchev–Trinajstić information content (AvgIpc) is 2.45. The number of nitrogens with one attached hydrogen (secondary N) is 1. The number of aliphatic hydroxyl groups excluding tert-OH is 1. The molecule has 0 saturated heterocycles. The first-order valence-corrected chi connectivity index (χ1v) is 7.14. The van der Waals surface area contributed by atoms with Gasteiger partial charge in [0, 0.05) is 11.1 Å². The smallest absolute Gasteiger partial charge is 0.0613 e. The molecule has 1 aliphatic rings. The van der Waals surface area contributed by atoms with E-state index in [1.807, 2.05) is 30.3 Å². The van der Waals surface area contributed by atoms with Crippen LogP contribution in [0, 0.1) is 17.8 Å². The third kappa shape index (κ3) is 4.09. The summed E-state index contributed by atoms with van der Waals surface area (Å²) >= 11 is 0. The summed E-state index contributed by atoms with van der Waals surface area (Å²) in [5.74, 6) is 6.98. The van der Waals surface area contributed by atoms with E-state index in [2.05, 4.69) is 24.1 Å². The summed E-state index contributed by atoms with van der Waals surface area (Å²) in [6, 6.07) is 10.0. The molecule has 0 heterocycles. The SMILES string of the molecule is CC1CCCC(CO)(NCC#Cc2ccccc2)C1. The molecule has 1 aliphatic carbocycles. The van der Waals surface area contributed by atoms with Crippen molar-refractivity contribution in [2.24, 2.45) is 5.92 Å². The maximum Gasteiger partial charge on any atom is 0.0613 e. The molecule has 2 rings (SSSR count). The van der Waals surface area contributed by atoms with Crippen molar-refractivity contribution in [3.63, 3.8) is 0 Å². The first-order chi connectivity index (χ1) is 9.24. The molecule has 0 amide bonds. The number of benzene rings is 1. The van der Waals surface area contributed by atoms with E-state index in [1.165, 1.54) is 12.8 Å². The van der Waals surface area contributed by atoms with Gasteiger partial charge in [-0.25, -0.2) is 0 Å².